The lowest BCUT2D eigenvalue weighted by molar-refractivity contribution is -0.118. The van der Waals surface area contributed by atoms with Crippen LogP contribution in [0, 0.1) is 0 Å². The highest BCUT2D eigenvalue weighted by atomic mass is 32.2. The average Bonchev–Trinajstić information content (AvgIpc) is 2.72. The first kappa shape index (κ1) is 20.7. The van der Waals surface area contributed by atoms with Crippen molar-refractivity contribution in [1.29, 1.82) is 0 Å². The summed E-state index contributed by atoms with van der Waals surface area (Å²) in [5, 5.41) is 4.11. The van der Waals surface area contributed by atoms with E-state index in [0.29, 0.717) is 5.25 Å². The van der Waals surface area contributed by atoms with E-state index in [-0.39, 0.29) is 11.8 Å². The minimum Gasteiger partial charge on any atom is -0.375 e. The summed E-state index contributed by atoms with van der Waals surface area (Å²) in [5.41, 5.74) is 4.44. The number of rotatable bonds is 9. The molecule has 2 aromatic rings. The Labute approximate surface area is 173 Å². The van der Waals surface area contributed by atoms with Crippen molar-refractivity contribution in [2.24, 2.45) is 0 Å². The molecule has 148 valence electrons. The first-order valence-electron chi connectivity index (χ1n) is 10.3. The third-order valence-corrected chi connectivity index (χ3v) is 6.89. The monoisotopic (exact) mass is 393 g/mol. The van der Waals surface area contributed by atoms with Crippen molar-refractivity contribution in [3.63, 3.8) is 0 Å². The molecule has 1 saturated carbocycles. The summed E-state index contributed by atoms with van der Waals surface area (Å²) in [4.78, 5) is 12.2. The van der Waals surface area contributed by atoms with Crippen LogP contribution in [-0.4, -0.2) is 22.8 Å². The van der Waals surface area contributed by atoms with Gasteiger partial charge in [0.2, 0.25) is 0 Å². The third kappa shape index (κ3) is 6.27. The maximum absolute atomic E-state index is 12.2. The Morgan fingerprint density at radius 3 is 2.50 bits per heavy atom. The van der Waals surface area contributed by atoms with Crippen LogP contribution < -0.4 is 5.32 Å². The van der Waals surface area contributed by atoms with E-state index in [0.717, 1.165) is 23.4 Å². The zero-order valence-corrected chi connectivity index (χ0v) is 17.6. The maximum atomic E-state index is 12.2. The number of hydrogen-bond donors (Lipinski definition) is 1. The molecule has 1 fully saturated rings. The summed E-state index contributed by atoms with van der Waals surface area (Å²) in [6, 6.07) is 18.8. The van der Waals surface area contributed by atoms with Gasteiger partial charge in [0.25, 0.3) is 0 Å². The Morgan fingerprint density at radius 2 is 1.79 bits per heavy atom. The molecular formula is C25H31NOS. The van der Waals surface area contributed by atoms with Gasteiger partial charge in [-0.25, -0.2) is 0 Å². The van der Waals surface area contributed by atoms with Crippen LogP contribution in [0.1, 0.15) is 55.7 Å². The number of thioether (sulfide) groups is 1. The smallest absolute Gasteiger partial charge is 0.152 e. The van der Waals surface area contributed by atoms with Crippen molar-refractivity contribution in [2.75, 3.05) is 5.75 Å². The van der Waals surface area contributed by atoms with Crippen LogP contribution in [0.5, 0.6) is 0 Å². The van der Waals surface area contributed by atoms with Gasteiger partial charge >= 0.3 is 0 Å². The van der Waals surface area contributed by atoms with Gasteiger partial charge in [-0.3, -0.25) is 4.79 Å². The normalized spacial score (nSPS) is 15.8. The maximum Gasteiger partial charge on any atom is 0.152 e. The fourth-order valence-corrected chi connectivity index (χ4v) is 5.17. The Hall–Kier alpha value is -2.00. The van der Waals surface area contributed by atoms with Crippen LogP contribution in [-0.2, 0) is 11.2 Å². The number of carbonyl (C=O) groups excluding carboxylic acids is 1. The molecule has 1 aliphatic rings. The predicted molar refractivity (Wildman–Crippen MR) is 122 cm³/mol. The number of Topliss-reactive ketones (excluding diaryl/α,β-unsaturated/α-hetero) is 1. The largest absolute Gasteiger partial charge is 0.375 e. The standard InChI is InChI=1S/C25H31NOS/c1-19(26-25(20(2)27)18-28-24-14-7-4-8-15-24)23-13-9-12-22(17-23)16-21-10-5-3-6-11-21/h3,5-6,9-13,17,24-26H,1,4,7-8,14-16,18H2,2H3. The minimum absolute atomic E-state index is 0.169. The highest BCUT2D eigenvalue weighted by molar-refractivity contribution is 7.99. The second-order valence-corrected chi connectivity index (χ2v) is 9.08. The molecule has 1 aliphatic carbocycles. The molecule has 0 amide bonds. The van der Waals surface area contributed by atoms with Gasteiger partial charge in [-0.2, -0.15) is 11.8 Å². The molecule has 0 saturated heterocycles. The third-order valence-electron chi connectivity index (χ3n) is 5.42. The van der Waals surface area contributed by atoms with E-state index >= 15 is 0 Å². The van der Waals surface area contributed by atoms with Crippen molar-refractivity contribution >= 4 is 23.2 Å². The van der Waals surface area contributed by atoms with Gasteiger partial charge in [0.15, 0.2) is 5.78 Å². The number of ketones is 1. The van der Waals surface area contributed by atoms with E-state index in [2.05, 4.69) is 60.4 Å². The average molecular weight is 394 g/mol. The van der Waals surface area contributed by atoms with Crippen molar-refractivity contribution < 1.29 is 4.79 Å². The topological polar surface area (TPSA) is 29.1 Å². The van der Waals surface area contributed by atoms with E-state index in [9.17, 15) is 4.79 Å². The summed E-state index contributed by atoms with van der Waals surface area (Å²) in [5.74, 6) is 1.01. The summed E-state index contributed by atoms with van der Waals surface area (Å²) in [6.07, 6.45) is 7.50. The van der Waals surface area contributed by atoms with E-state index in [4.69, 9.17) is 0 Å². The number of hydrogen-bond acceptors (Lipinski definition) is 3. The van der Waals surface area contributed by atoms with E-state index < -0.39 is 0 Å². The number of nitrogens with one attached hydrogen (secondary N) is 1. The molecule has 3 rings (SSSR count). The summed E-state index contributed by atoms with van der Waals surface area (Å²) >= 11 is 1.95. The second kappa shape index (κ2) is 10.5. The molecule has 1 N–H and O–H groups in total. The van der Waals surface area contributed by atoms with Crippen molar-refractivity contribution in [1.82, 2.24) is 5.32 Å². The fourth-order valence-electron chi connectivity index (χ4n) is 3.72. The molecule has 2 nitrogen and oxygen atoms in total. The van der Waals surface area contributed by atoms with Crippen molar-refractivity contribution in [3.05, 3.63) is 77.9 Å². The molecule has 0 heterocycles. The zero-order chi connectivity index (χ0) is 19.8. The Kier molecular flexibility index (Phi) is 7.79. The van der Waals surface area contributed by atoms with Crippen LogP contribution in [0.15, 0.2) is 61.2 Å². The molecule has 28 heavy (non-hydrogen) atoms. The lowest BCUT2D eigenvalue weighted by Crippen LogP contribution is -2.36. The molecule has 0 bridgehead atoms. The summed E-state index contributed by atoms with van der Waals surface area (Å²) < 4.78 is 0. The van der Waals surface area contributed by atoms with Gasteiger partial charge in [-0.05, 0) is 48.9 Å². The first-order chi connectivity index (χ1) is 13.6. The molecule has 0 spiro atoms. The molecular weight excluding hydrogens is 362 g/mol. The van der Waals surface area contributed by atoms with Gasteiger partial charge in [0.05, 0.1) is 6.04 Å². The van der Waals surface area contributed by atoms with E-state index in [1.165, 1.54) is 43.2 Å². The van der Waals surface area contributed by atoms with Crippen LogP contribution in [0.3, 0.4) is 0 Å². The van der Waals surface area contributed by atoms with Gasteiger partial charge < -0.3 is 5.32 Å². The van der Waals surface area contributed by atoms with Crippen LogP contribution in [0.4, 0.5) is 0 Å². The Balaban J connectivity index is 1.59. The van der Waals surface area contributed by atoms with Crippen LogP contribution in [0.2, 0.25) is 0 Å². The highest BCUT2D eigenvalue weighted by Gasteiger charge is 2.20. The molecule has 3 heteroatoms. The molecule has 0 aromatic heterocycles. The Bertz CT molecular complexity index is 780. The minimum atomic E-state index is -0.169. The van der Waals surface area contributed by atoms with Gasteiger partial charge in [0.1, 0.15) is 0 Å². The second-order valence-electron chi connectivity index (χ2n) is 7.74. The summed E-state index contributed by atoms with van der Waals surface area (Å²) in [6.45, 7) is 5.90. The molecule has 2 aromatic carbocycles. The van der Waals surface area contributed by atoms with Crippen LogP contribution >= 0.6 is 11.8 Å². The molecule has 0 radical (unpaired) electrons. The molecule has 0 aliphatic heterocycles. The SMILES string of the molecule is C=C(NC(CSC1CCCCC1)C(C)=O)c1cccc(Cc2ccccc2)c1. The van der Waals surface area contributed by atoms with Gasteiger partial charge in [-0.1, -0.05) is 74.4 Å². The fraction of sp³-hybridized carbons (Fsp3) is 0.400. The van der Waals surface area contributed by atoms with Gasteiger partial charge in [0, 0.05) is 16.7 Å². The lowest BCUT2D eigenvalue weighted by atomic mass is 10.0. The van der Waals surface area contributed by atoms with Crippen molar-refractivity contribution in [2.45, 2.75) is 56.7 Å². The zero-order valence-electron chi connectivity index (χ0n) is 16.8. The first-order valence-corrected chi connectivity index (χ1v) is 11.4. The number of benzene rings is 2. The lowest BCUT2D eigenvalue weighted by Gasteiger charge is -2.24. The van der Waals surface area contributed by atoms with E-state index in [1.807, 2.05) is 17.8 Å². The molecule has 1 unspecified atom stereocenters. The summed E-state index contributed by atoms with van der Waals surface area (Å²) in [7, 11) is 0. The van der Waals surface area contributed by atoms with Crippen molar-refractivity contribution in [3.8, 4) is 0 Å². The molecule has 1 atom stereocenters. The number of carbonyl (C=O) groups is 1. The van der Waals surface area contributed by atoms with E-state index in [1.54, 1.807) is 6.92 Å². The Morgan fingerprint density at radius 1 is 1.07 bits per heavy atom. The van der Waals surface area contributed by atoms with Crippen LogP contribution in [0.25, 0.3) is 5.70 Å². The highest BCUT2D eigenvalue weighted by Crippen LogP contribution is 2.29. The quantitative estimate of drug-likeness (QED) is 0.578. The van der Waals surface area contributed by atoms with Gasteiger partial charge in [-0.15, -0.1) is 0 Å². The predicted octanol–water partition coefficient (Wildman–Crippen LogP) is 5.86.